The third kappa shape index (κ3) is 5.18. The fourth-order valence-electron chi connectivity index (χ4n) is 3.58. The summed E-state index contributed by atoms with van der Waals surface area (Å²) in [7, 11) is 0. The number of nitrogens with one attached hydrogen (secondary N) is 2. The first kappa shape index (κ1) is 20.5. The fraction of sp³-hybridized carbons (Fsp3) is 0.632. The van der Waals surface area contributed by atoms with Gasteiger partial charge >= 0.3 is 5.69 Å². The molecule has 1 amide bonds. The Balaban J connectivity index is 1.50. The number of hydrogen-bond acceptors (Lipinski definition) is 6. The SMILES string of the molecule is Cc1cn([C@H]2C[C@H](O)[C@@H](/C=C/C(=O)NCCN3CCCCC3)O2)c(=O)[nH]c1=O. The summed E-state index contributed by atoms with van der Waals surface area (Å²) in [6.45, 7) is 5.16. The molecule has 0 unspecified atom stereocenters. The van der Waals surface area contributed by atoms with Gasteiger partial charge in [-0.3, -0.25) is 19.1 Å². The molecule has 2 aliphatic rings. The molecule has 3 heterocycles. The second-order valence-corrected chi connectivity index (χ2v) is 7.39. The number of amides is 1. The molecule has 2 fully saturated rings. The summed E-state index contributed by atoms with van der Waals surface area (Å²) in [5.74, 6) is -0.242. The summed E-state index contributed by atoms with van der Waals surface area (Å²) < 4.78 is 6.96. The maximum Gasteiger partial charge on any atom is 0.330 e. The number of aromatic amines is 1. The molecule has 0 radical (unpaired) electrons. The molecule has 1 aromatic heterocycles. The van der Waals surface area contributed by atoms with E-state index in [-0.39, 0.29) is 12.3 Å². The van der Waals surface area contributed by atoms with Gasteiger partial charge < -0.3 is 20.1 Å². The molecule has 9 nitrogen and oxygen atoms in total. The van der Waals surface area contributed by atoms with Crippen LogP contribution < -0.4 is 16.6 Å². The summed E-state index contributed by atoms with van der Waals surface area (Å²) in [6.07, 6.45) is 5.93. The summed E-state index contributed by atoms with van der Waals surface area (Å²) in [4.78, 5) is 40.0. The van der Waals surface area contributed by atoms with Gasteiger partial charge in [-0.25, -0.2) is 4.79 Å². The number of ether oxygens (including phenoxy) is 1. The number of aryl methyl sites for hydroxylation is 1. The Morgan fingerprint density at radius 1 is 1.36 bits per heavy atom. The molecule has 28 heavy (non-hydrogen) atoms. The molecule has 2 aliphatic heterocycles. The van der Waals surface area contributed by atoms with E-state index in [1.807, 2.05) is 0 Å². The van der Waals surface area contributed by atoms with Crippen LogP contribution in [0.4, 0.5) is 0 Å². The van der Waals surface area contributed by atoms with E-state index in [1.54, 1.807) is 6.92 Å². The predicted octanol–water partition coefficient (Wildman–Crippen LogP) is -0.348. The normalized spacial score (nSPS) is 26.0. The summed E-state index contributed by atoms with van der Waals surface area (Å²) >= 11 is 0. The summed E-state index contributed by atoms with van der Waals surface area (Å²) in [5, 5.41) is 13.0. The van der Waals surface area contributed by atoms with Crippen molar-refractivity contribution in [3.05, 3.63) is 44.8 Å². The molecule has 3 N–H and O–H groups in total. The molecule has 1 aromatic rings. The molecule has 0 spiro atoms. The van der Waals surface area contributed by atoms with E-state index >= 15 is 0 Å². The van der Waals surface area contributed by atoms with Crippen LogP contribution in [0.15, 0.2) is 27.9 Å². The zero-order chi connectivity index (χ0) is 20.1. The molecule has 3 atom stereocenters. The summed E-state index contributed by atoms with van der Waals surface area (Å²) in [6, 6.07) is 0. The van der Waals surface area contributed by atoms with E-state index in [0.29, 0.717) is 12.1 Å². The van der Waals surface area contributed by atoms with Crippen LogP contribution >= 0.6 is 0 Å². The van der Waals surface area contributed by atoms with Crippen LogP contribution in [0.2, 0.25) is 0 Å². The Bertz CT molecular complexity index is 824. The molecular weight excluding hydrogens is 364 g/mol. The first-order chi connectivity index (χ1) is 13.4. The predicted molar refractivity (Wildman–Crippen MR) is 103 cm³/mol. The maximum absolute atomic E-state index is 12.0. The molecular formula is C19H28N4O5. The van der Waals surface area contributed by atoms with Crippen molar-refractivity contribution in [2.75, 3.05) is 26.2 Å². The van der Waals surface area contributed by atoms with Crippen LogP contribution in [-0.4, -0.2) is 63.9 Å². The number of aliphatic hydroxyl groups excluding tert-OH is 1. The number of rotatable bonds is 6. The van der Waals surface area contributed by atoms with Crippen molar-refractivity contribution in [3.8, 4) is 0 Å². The van der Waals surface area contributed by atoms with E-state index in [0.717, 1.165) is 19.6 Å². The number of aliphatic hydroxyl groups is 1. The third-order valence-corrected chi connectivity index (χ3v) is 5.21. The van der Waals surface area contributed by atoms with Crippen molar-refractivity contribution in [2.24, 2.45) is 0 Å². The zero-order valence-electron chi connectivity index (χ0n) is 16.1. The van der Waals surface area contributed by atoms with Crippen LogP contribution in [0, 0.1) is 6.92 Å². The molecule has 2 saturated heterocycles. The second kappa shape index (κ2) is 9.31. The minimum Gasteiger partial charge on any atom is -0.390 e. The lowest BCUT2D eigenvalue weighted by Gasteiger charge is -2.26. The van der Waals surface area contributed by atoms with Crippen molar-refractivity contribution in [1.29, 1.82) is 0 Å². The fourth-order valence-corrected chi connectivity index (χ4v) is 3.58. The van der Waals surface area contributed by atoms with Gasteiger partial charge in [0.1, 0.15) is 12.3 Å². The Morgan fingerprint density at radius 3 is 2.86 bits per heavy atom. The molecule has 154 valence electrons. The smallest absolute Gasteiger partial charge is 0.330 e. The van der Waals surface area contributed by atoms with Crippen LogP contribution in [0.5, 0.6) is 0 Å². The molecule has 0 aromatic carbocycles. The molecule has 3 rings (SSSR count). The van der Waals surface area contributed by atoms with E-state index < -0.39 is 29.7 Å². The minimum atomic E-state index is -0.846. The van der Waals surface area contributed by atoms with Crippen molar-refractivity contribution in [3.63, 3.8) is 0 Å². The Kier molecular flexibility index (Phi) is 6.82. The lowest BCUT2D eigenvalue weighted by Crippen LogP contribution is -2.37. The third-order valence-electron chi connectivity index (χ3n) is 5.21. The highest BCUT2D eigenvalue weighted by atomic mass is 16.5. The van der Waals surface area contributed by atoms with Crippen LogP contribution in [-0.2, 0) is 9.53 Å². The Labute approximate surface area is 163 Å². The van der Waals surface area contributed by atoms with E-state index in [2.05, 4.69) is 15.2 Å². The minimum absolute atomic E-state index is 0.191. The molecule has 0 saturated carbocycles. The summed E-state index contributed by atoms with van der Waals surface area (Å²) in [5.41, 5.74) is -0.657. The quantitative estimate of drug-likeness (QED) is 0.570. The number of carbonyl (C=O) groups excluding carboxylic acids is 1. The van der Waals surface area contributed by atoms with Crippen molar-refractivity contribution >= 4 is 5.91 Å². The van der Waals surface area contributed by atoms with Crippen molar-refractivity contribution in [1.82, 2.24) is 19.8 Å². The van der Waals surface area contributed by atoms with Crippen molar-refractivity contribution < 1.29 is 14.6 Å². The monoisotopic (exact) mass is 392 g/mol. The second-order valence-electron chi connectivity index (χ2n) is 7.39. The van der Waals surface area contributed by atoms with Gasteiger partial charge in [0.05, 0.1) is 6.10 Å². The highest BCUT2D eigenvalue weighted by Crippen LogP contribution is 2.28. The Morgan fingerprint density at radius 2 is 2.11 bits per heavy atom. The van der Waals surface area contributed by atoms with Gasteiger partial charge in [-0.1, -0.05) is 6.42 Å². The van der Waals surface area contributed by atoms with Gasteiger partial charge in [-0.15, -0.1) is 0 Å². The van der Waals surface area contributed by atoms with Crippen LogP contribution in [0.1, 0.15) is 37.5 Å². The van der Waals surface area contributed by atoms with E-state index in [4.69, 9.17) is 4.74 Å². The first-order valence-corrected chi connectivity index (χ1v) is 9.78. The largest absolute Gasteiger partial charge is 0.390 e. The van der Waals surface area contributed by atoms with Gasteiger partial charge in [0.25, 0.3) is 5.56 Å². The van der Waals surface area contributed by atoms with Gasteiger partial charge in [0.2, 0.25) is 5.91 Å². The number of H-pyrrole nitrogens is 1. The number of carbonyl (C=O) groups is 1. The molecule has 0 bridgehead atoms. The maximum atomic E-state index is 12.0. The zero-order valence-corrected chi connectivity index (χ0v) is 16.1. The standard InChI is InChI=1S/C19H28N4O5/c1-13-12-23(19(27)21-18(13)26)17-11-14(24)15(28-17)5-6-16(25)20-7-10-22-8-3-2-4-9-22/h5-6,12,14-15,17,24H,2-4,7-11H2,1H3,(H,20,25)(H,21,26,27)/b6-5+/t14-,15+,17+/m0/s1. The number of hydrogen-bond donors (Lipinski definition) is 3. The molecule has 9 heteroatoms. The molecule has 0 aliphatic carbocycles. The van der Waals surface area contributed by atoms with Crippen LogP contribution in [0.3, 0.4) is 0 Å². The topological polar surface area (TPSA) is 117 Å². The number of likely N-dealkylation sites (tertiary alicyclic amines) is 1. The van der Waals surface area contributed by atoms with Crippen LogP contribution in [0.25, 0.3) is 0 Å². The van der Waals surface area contributed by atoms with Crippen molar-refractivity contribution in [2.45, 2.75) is 51.0 Å². The van der Waals surface area contributed by atoms with E-state index in [1.165, 1.54) is 42.2 Å². The first-order valence-electron chi connectivity index (χ1n) is 9.78. The number of nitrogens with zero attached hydrogens (tertiary/aromatic N) is 2. The van der Waals surface area contributed by atoms with Gasteiger partial charge in [-0.05, 0) is 38.9 Å². The highest BCUT2D eigenvalue weighted by molar-refractivity contribution is 5.87. The number of aromatic nitrogens is 2. The highest BCUT2D eigenvalue weighted by Gasteiger charge is 2.34. The average molecular weight is 392 g/mol. The average Bonchev–Trinajstić information content (AvgIpc) is 3.04. The van der Waals surface area contributed by atoms with Gasteiger partial charge in [0.15, 0.2) is 0 Å². The van der Waals surface area contributed by atoms with Gasteiger partial charge in [0, 0.05) is 37.3 Å². The van der Waals surface area contributed by atoms with E-state index in [9.17, 15) is 19.5 Å². The lowest BCUT2D eigenvalue weighted by atomic mass is 10.1. The Hall–Kier alpha value is -2.23. The lowest BCUT2D eigenvalue weighted by molar-refractivity contribution is -0.116. The number of piperidine rings is 1. The van der Waals surface area contributed by atoms with Gasteiger partial charge in [-0.2, -0.15) is 0 Å².